The highest BCUT2D eigenvalue weighted by Crippen LogP contribution is 2.38. The zero-order valence-corrected chi connectivity index (χ0v) is 22.8. The molecule has 42 heavy (non-hydrogen) atoms. The highest BCUT2D eigenvalue weighted by atomic mass is 16.5. The first-order chi connectivity index (χ1) is 20.5. The van der Waals surface area contributed by atoms with E-state index in [9.17, 15) is 14.7 Å². The summed E-state index contributed by atoms with van der Waals surface area (Å²) in [6.45, 7) is 1.03. The number of nitrogen functional groups attached to an aromatic ring is 1. The molecule has 0 saturated heterocycles. The molecule has 1 amide bonds. The van der Waals surface area contributed by atoms with Gasteiger partial charge in [0.25, 0.3) is 11.5 Å². The summed E-state index contributed by atoms with van der Waals surface area (Å²) in [5, 5.41) is 17.4. The molecule has 12 heteroatoms. The van der Waals surface area contributed by atoms with Gasteiger partial charge in [-0.15, -0.1) is 0 Å². The van der Waals surface area contributed by atoms with E-state index in [1.165, 1.54) is 11.0 Å². The maximum Gasteiger partial charge on any atom is 0.286 e. The van der Waals surface area contributed by atoms with Crippen molar-refractivity contribution in [3.05, 3.63) is 88.4 Å². The Bertz CT molecular complexity index is 1830. The van der Waals surface area contributed by atoms with Crippen molar-refractivity contribution in [1.29, 1.82) is 0 Å². The summed E-state index contributed by atoms with van der Waals surface area (Å²) in [7, 11) is 0. The van der Waals surface area contributed by atoms with Crippen molar-refractivity contribution in [3.63, 3.8) is 0 Å². The first-order valence-electron chi connectivity index (χ1n) is 14.1. The van der Waals surface area contributed by atoms with Gasteiger partial charge in [-0.3, -0.25) is 14.3 Å². The topological polar surface area (TPSA) is 155 Å². The van der Waals surface area contributed by atoms with Crippen molar-refractivity contribution in [2.24, 2.45) is 0 Å². The summed E-state index contributed by atoms with van der Waals surface area (Å²) in [5.74, 6) is 0.575. The largest absolute Gasteiger partial charge is 0.393 e. The van der Waals surface area contributed by atoms with Gasteiger partial charge in [-0.2, -0.15) is 9.78 Å². The quantitative estimate of drug-likeness (QED) is 0.293. The second-order valence-electron chi connectivity index (χ2n) is 10.7. The number of aliphatic hydroxyl groups excluding tert-OH is 1. The predicted octanol–water partition coefficient (Wildman–Crippen LogP) is 3.13. The first-order valence-corrected chi connectivity index (χ1v) is 14.1. The predicted molar refractivity (Wildman–Crippen MR) is 155 cm³/mol. The van der Waals surface area contributed by atoms with Crippen LogP contribution in [0.1, 0.15) is 53.3 Å². The summed E-state index contributed by atoms with van der Waals surface area (Å²) in [5.41, 5.74) is 10.5. The Balaban J connectivity index is 1.19. The number of nitrogens with one attached hydrogen (secondary N) is 1. The molecule has 0 atom stereocenters. The van der Waals surface area contributed by atoms with Crippen LogP contribution in [0, 0.1) is 0 Å². The Labute approximate surface area is 240 Å². The van der Waals surface area contributed by atoms with Crippen LogP contribution in [0.25, 0.3) is 22.5 Å². The highest BCUT2D eigenvalue weighted by molar-refractivity contribution is 6.05. The number of aromatic nitrogens is 6. The number of ether oxygens (including phenoxy) is 1. The second-order valence-corrected chi connectivity index (χ2v) is 10.7. The minimum atomic E-state index is -0.509. The molecule has 0 radical (unpaired) electrons. The number of hydrogen-bond acceptors (Lipinski definition) is 8. The first kappa shape index (κ1) is 26.1. The third-order valence-electron chi connectivity index (χ3n) is 8.21. The van der Waals surface area contributed by atoms with E-state index in [4.69, 9.17) is 10.5 Å². The highest BCUT2D eigenvalue weighted by Gasteiger charge is 2.29. The van der Waals surface area contributed by atoms with Gasteiger partial charge in [0.05, 0.1) is 31.6 Å². The number of hydrogen-bond donors (Lipinski definition) is 3. The summed E-state index contributed by atoms with van der Waals surface area (Å²) < 4.78 is 10.7. The van der Waals surface area contributed by atoms with E-state index in [1.807, 2.05) is 16.6 Å². The minimum Gasteiger partial charge on any atom is -0.393 e. The number of amides is 1. The molecule has 4 aromatic heterocycles. The summed E-state index contributed by atoms with van der Waals surface area (Å²) in [4.78, 5) is 35.5. The Morgan fingerprint density at radius 2 is 1.88 bits per heavy atom. The number of benzene rings is 1. The van der Waals surface area contributed by atoms with Crippen molar-refractivity contribution in [2.45, 2.75) is 50.9 Å². The van der Waals surface area contributed by atoms with Crippen LogP contribution in [0.2, 0.25) is 0 Å². The molecule has 1 aliphatic carbocycles. The monoisotopic (exact) mass is 566 g/mol. The van der Waals surface area contributed by atoms with Gasteiger partial charge < -0.3 is 20.9 Å². The van der Waals surface area contributed by atoms with E-state index in [1.54, 1.807) is 41.2 Å². The zero-order valence-electron chi connectivity index (χ0n) is 22.8. The van der Waals surface area contributed by atoms with E-state index in [0.717, 1.165) is 48.0 Å². The van der Waals surface area contributed by atoms with Crippen LogP contribution >= 0.6 is 0 Å². The number of nitrogens with two attached hydrogens (primary N) is 1. The average molecular weight is 567 g/mol. The number of carbonyl (C=O) groups excluding carboxylic acids is 1. The Kier molecular flexibility index (Phi) is 6.56. The molecule has 12 nitrogen and oxygen atoms in total. The van der Waals surface area contributed by atoms with Gasteiger partial charge in [0.15, 0.2) is 11.6 Å². The molecule has 5 aromatic rings. The maximum atomic E-state index is 13.5. The number of anilines is 2. The molecule has 0 unspecified atom stereocenters. The summed E-state index contributed by atoms with van der Waals surface area (Å²) >= 11 is 0. The van der Waals surface area contributed by atoms with Crippen LogP contribution in [0.3, 0.4) is 0 Å². The number of pyridine rings is 1. The van der Waals surface area contributed by atoms with E-state index < -0.39 is 11.5 Å². The van der Waals surface area contributed by atoms with Gasteiger partial charge in [0.1, 0.15) is 17.4 Å². The Hall–Kier alpha value is -4.81. The third-order valence-corrected chi connectivity index (χ3v) is 8.21. The molecule has 214 valence electrons. The van der Waals surface area contributed by atoms with E-state index in [0.29, 0.717) is 36.2 Å². The lowest BCUT2D eigenvalue weighted by Gasteiger charge is -2.24. The second kappa shape index (κ2) is 10.5. The summed E-state index contributed by atoms with van der Waals surface area (Å²) in [6, 6.07) is 14.8. The van der Waals surface area contributed by atoms with Gasteiger partial charge >= 0.3 is 0 Å². The third kappa shape index (κ3) is 4.45. The normalized spacial score (nSPS) is 18.6. The lowest BCUT2D eigenvalue weighted by molar-refractivity contribution is 0.0755. The molecule has 0 spiro atoms. The van der Waals surface area contributed by atoms with Gasteiger partial charge in [-0.1, -0.05) is 18.2 Å². The molecule has 0 bridgehead atoms. The van der Waals surface area contributed by atoms with Crippen molar-refractivity contribution >= 4 is 22.9 Å². The van der Waals surface area contributed by atoms with Gasteiger partial charge in [0.2, 0.25) is 0 Å². The molecule has 7 rings (SSSR count). The van der Waals surface area contributed by atoms with Crippen LogP contribution < -0.4 is 16.6 Å². The minimum absolute atomic E-state index is 0.0371. The van der Waals surface area contributed by atoms with Crippen LogP contribution in [-0.2, 0) is 17.9 Å². The molecular formula is C30H30N8O4. The number of aliphatic hydroxyl groups is 1. The molecule has 1 saturated carbocycles. The van der Waals surface area contributed by atoms with Crippen LogP contribution in [0.4, 0.5) is 11.5 Å². The van der Waals surface area contributed by atoms with Crippen molar-refractivity contribution in [3.8, 4) is 16.9 Å². The maximum absolute atomic E-state index is 13.5. The molecule has 1 aliphatic heterocycles. The zero-order chi connectivity index (χ0) is 28.8. The van der Waals surface area contributed by atoms with E-state index in [2.05, 4.69) is 26.4 Å². The lowest BCUT2D eigenvalue weighted by Crippen LogP contribution is -2.27. The van der Waals surface area contributed by atoms with Crippen LogP contribution in [-0.4, -0.2) is 52.7 Å². The lowest BCUT2D eigenvalue weighted by atomic mass is 9.85. The molecule has 1 aromatic carbocycles. The SMILES string of the molecule is Nc1ncnn2c(C3CCC(O)CC3)cc(-c3ccc(NC(=O)c4c5n(n(-c6ccccn6)c4=O)CCOC5)cc3)c12. The molecule has 5 heterocycles. The fraction of sp³-hybridized carbons (Fsp3) is 0.300. The fourth-order valence-electron chi connectivity index (χ4n) is 6.13. The van der Waals surface area contributed by atoms with Crippen LogP contribution in [0.15, 0.2) is 65.8 Å². The van der Waals surface area contributed by atoms with Gasteiger partial charge in [0, 0.05) is 29.1 Å². The van der Waals surface area contributed by atoms with Crippen molar-refractivity contribution < 1.29 is 14.6 Å². The Morgan fingerprint density at radius 3 is 2.64 bits per heavy atom. The van der Waals surface area contributed by atoms with Gasteiger partial charge in [-0.05, 0) is 61.6 Å². The van der Waals surface area contributed by atoms with Gasteiger partial charge in [-0.25, -0.2) is 14.5 Å². The van der Waals surface area contributed by atoms with Crippen molar-refractivity contribution in [1.82, 2.24) is 28.9 Å². The molecule has 1 fully saturated rings. The number of carbonyl (C=O) groups is 1. The smallest absolute Gasteiger partial charge is 0.286 e. The van der Waals surface area contributed by atoms with E-state index in [-0.39, 0.29) is 24.2 Å². The van der Waals surface area contributed by atoms with E-state index >= 15 is 0 Å². The number of rotatable bonds is 5. The number of nitrogens with zero attached hydrogens (tertiary/aromatic N) is 6. The standard InChI is InChI=1S/C30H30N8O4/c31-28-27-22(15-23(37(27)34-17-33-28)19-6-10-21(39)11-7-19)18-4-8-20(9-5-18)35-29(40)26-24-16-42-14-13-36(24)38(30(26)41)25-3-1-2-12-32-25/h1-5,8-9,12,15,17,19,21,39H,6-7,10-11,13-14,16H2,(H,35,40)(H2,31,33,34). The molecule has 4 N–H and O–H groups in total. The van der Waals surface area contributed by atoms with Crippen molar-refractivity contribution in [2.75, 3.05) is 17.7 Å². The van der Waals surface area contributed by atoms with Crippen LogP contribution in [0.5, 0.6) is 0 Å². The molecule has 2 aliphatic rings. The Morgan fingerprint density at radius 1 is 1.07 bits per heavy atom. The number of fused-ring (bicyclic) bond motifs is 2. The summed E-state index contributed by atoms with van der Waals surface area (Å²) in [6.07, 6.45) is 6.07. The fourth-order valence-corrected chi connectivity index (χ4v) is 6.13. The average Bonchev–Trinajstić information content (AvgIpc) is 3.54. The molecular weight excluding hydrogens is 536 g/mol.